The SMILES string of the molecule is [N]C1CCC(CC2CCC([N])CC2)CC1. The van der Waals surface area contributed by atoms with Gasteiger partial charge in [0.2, 0.25) is 0 Å². The van der Waals surface area contributed by atoms with Crippen LogP contribution < -0.4 is 11.5 Å². The van der Waals surface area contributed by atoms with E-state index >= 15 is 0 Å². The molecule has 0 saturated heterocycles. The minimum atomic E-state index is -0.0190. The maximum atomic E-state index is 9.43. The largest absolute Gasteiger partial charge is 0.141 e. The second-order valence-corrected chi connectivity index (χ2v) is 5.58. The molecule has 0 heterocycles. The number of hydrogen-bond acceptors (Lipinski definition) is 0. The van der Waals surface area contributed by atoms with Crippen LogP contribution in [0.5, 0.6) is 0 Å². The van der Waals surface area contributed by atoms with E-state index in [4.69, 9.17) is 0 Å². The van der Waals surface area contributed by atoms with Crippen molar-refractivity contribution >= 4 is 0 Å². The van der Waals surface area contributed by atoms with Crippen LogP contribution in [0, 0.1) is 11.8 Å². The van der Waals surface area contributed by atoms with Crippen molar-refractivity contribution in [1.29, 1.82) is 0 Å². The van der Waals surface area contributed by atoms with E-state index in [-0.39, 0.29) is 12.1 Å². The van der Waals surface area contributed by atoms with E-state index in [9.17, 15) is 11.5 Å². The molecule has 2 aliphatic rings. The third-order valence-corrected chi connectivity index (χ3v) is 4.30. The quantitative estimate of drug-likeness (QED) is 0.667. The number of nitrogens with zero attached hydrogens (tertiary/aromatic N) is 2. The molecule has 0 atom stereocenters. The van der Waals surface area contributed by atoms with Crippen molar-refractivity contribution in [2.45, 2.75) is 69.9 Å². The van der Waals surface area contributed by atoms with Crippen LogP contribution in [0.15, 0.2) is 0 Å². The van der Waals surface area contributed by atoms with Crippen LogP contribution in [0.4, 0.5) is 0 Å². The molecule has 2 heteroatoms. The summed E-state index contributed by atoms with van der Waals surface area (Å²) in [6.07, 6.45) is 10.3. The first-order valence-electron chi connectivity index (χ1n) is 6.60. The Balaban J connectivity index is 1.68. The normalized spacial score (nSPS) is 42.8. The van der Waals surface area contributed by atoms with E-state index in [1.807, 2.05) is 0 Å². The molecule has 0 amide bonds. The van der Waals surface area contributed by atoms with Gasteiger partial charge in [0.15, 0.2) is 0 Å². The summed E-state index contributed by atoms with van der Waals surface area (Å²) in [6.45, 7) is 0. The molecule has 2 saturated carbocycles. The van der Waals surface area contributed by atoms with Crippen LogP contribution in [0.3, 0.4) is 0 Å². The minimum absolute atomic E-state index is 0.0190. The molecule has 0 spiro atoms. The lowest BCUT2D eigenvalue weighted by atomic mass is 9.76. The van der Waals surface area contributed by atoms with Crippen LogP contribution in [-0.2, 0) is 0 Å². The molecule has 2 rings (SSSR count). The summed E-state index contributed by atoms with van der Waals surface area (Å²) in [5.41, 5.74) is 18.9. The molecular formula is C13H22N2. The highest BCUT2D eigenvalue weighted by Gasteiger charge is 2.25. The van der Waals surface area contributed by atoms with Crippen LogP contribution >= 0.6 is 0 Å². The zero-order valence-electron chi connectivity index (χ0n) is 9.57. The van der Waals surface area contributed by atoms with Gasteiger partial charge in [-0.15, -0.1) is 11.5 Å². The van der Waals surface area contributed by atoms with Gasteiger partial charge in [0.25, 0.3) is 0 Å². The van der Waals surface area contributed by atoms with Crippen molar-refractivity contribution in [3.05, 3.63) is 0 Å². The standard InChI is InChI=1S/C13H22N2/c14-12-5-1-10(2-6-12)9-11-3-7-13(15)8-4-11/h10-13H,1-9H2. The number of hydrogen-bond donors (Lipinski definition) is 0. The highest BCUT2D eigenvalue weighted by Crippen LogP contribution is 2.34. The van der Waals surface area contributed by atoms with Crippen molar-refractivity contribution in [3.8, 4) is 0 Å². The van der Waals surface area contributed by atoms with Gasteiger partial charge in [-0.2, -0.15) is 0 Å². The molecule has 0 unspecified atom stereocenters. The predicted molar refractivity (Wildman–Crippen MR) is 60.4 cm³/mol. The summed E-state index contributed by atoms with van der Waals surface area (Å²) >= 11 is 0. The maximum absolute atomic E-state index is 9.43. The fraction of sp³-hybridized carbons (Fsp3) is 1.00. The molecule has 0 N–H and O–H groups in total. The van der Waals surface area contributed by atoms with Gasteiger partial charge < -0.3 is 0 Å². The summed E-state index contributed by atoms with van der Waals surface area (Å²) in [6, 6.07) is -0.0381. The van der Waals surface area contributed by atoms with Gasteiger partial charge in [-0.1, -0.05) is 0 Å². The summed E-state index contributed by atoms with van der Waals surface area (Å²) in [4.78, 5) is 0. The molecule has 0 aromatic rings. The summed E-state index contributed by atoms with van der Waals surface area (Å²) in [5, 5.41) is 0. The molecule has 84 valence electrons. The highest BCUT2D eigenvalue weighted by molar-refractivity contribution is 4.79. The molecule has 4 radical (unpaired) electrons. The Morgan fingerprint density at radius 1 is 0.600 bits per heavy atom. The average molecular weight is 206 g/mol. The summed E-state index contributed by atoms with van der Waals surface area (Å²) in [5.74, 6) is 1.71. The Kier molecular flexibility index (Phi) is 4.04. The molecule has 0 aliphatic heterocycles. The second kappa shape index (κ2) is 5.31. The third kappa shape index (κ3) is 3.46. The topological polar surface area (TPSA) is 44.6 Å². The van der Waals surface area contributed by atoms with Crippen molar-refractivity contribution in [3.63, 3.8) is 0 Å². The average Bonchev–Trinajstić information content (AvgIpc) is 2.25. The molecular weight excluding hydrogens is 184 g/mol. The number of rotatable bonds is 2. The van der Waals surface area contributed by atoms with Crippen molar-refractivity contribution in [2.24, 2.45) is 11.8 Å². The zero-order valence-corrected chi connectivity index (χ0v) is 9.57. The van der Waals surface area contributed by atoms with Crippen LogP contribution in [0.25, 0.3) is 0 Å². The molecule has 2 nitrogen and oxygen atoms in total. The Morgan fingerprint density at radius 2 is 0.933 bits per heavy atom. The van der Waals surface area contributed by atoms with Crippen LogP contribution in [0.1, 0.15) is 57.8 Å². The van der Waals surface area contributed by atoms with E-state index in [0.717, 1.165) is 37.5 Å². The fourth-order valence-electron chi connectivity index (χ4n) is 3.23. The first kappa shape index (κ1) is 11.4. The van der Waals surface area contributed by atoms with Crippen LogP contribution in [0.2, 0.25) is 0 Å². The van der Waals surface area contributed by atoms with Gasteiger partial charge in [0.1, 0.15) is 0 Å². The Morgan fingerprint density at radius 3 is 1.27 bits per heavy atom. The smallest absolute Gasteiger partial charge is 0.0433 e. The Hall–Kier alpha value is -0.0800. The molecule has 0 bridgehead atoms. The molecule has 0 aromatic carbocycles. The van der Waals surface area contributed by atoms with Crippen LogP contribution in [-0.4, -0.2) is 12.1 Å². The van der Waals surface area contributed by atoms with E-state index in [0.29, 0.717) is 0 Å². The molecule has 2 fully saturated rings. The van der Waals surface area contributed by atoms with Gasteiger partial charge in [-0.05, 0) is 69.6 Å². The zero-order chi connectivity index (χ0) is 10.7. The molecule has 15 heavy (non-hydrogen) atoms. The van der Waals surface area contributed by atoms with Gasteiger partial charge in [-0.3, -0.25) is 0 Å². The van der Waals surface area contributed by atoms with Crippen molar-refractivity contribution in [2.75, 3.05) is 0 Å². The van der Waals surface area contributed by atoms with E-state index in [1.54, 1.807) is 0 Å². The second-order valence-electron chi connectivity index (χ2n) is 5.58. The Labute approximate surface area is 93.8 Å². The van der Waals surface area contributed by atoms with Gasteiger partial charge >= 0.3 is 0 Å². The van der Waals surface area contributed by atoms with Gasteiger partial charge in [0.05, 0.1) is 0 Å². The lowest BCUT2D eigenvalue weighted by Crippen LogP contribution is -2.24. The van der Waals surface area contributed by atoms with Crippen molar-refractivity contribution < 1.29 is 0 Å². The van der Waals surface area contributed by atoms with Gasteiger partial charge in [0, 0.05) is 12.1 Å². The lowest BCUT2D eigenvalue weighted by Gasteiger charge is -2.31. The predicted octanol–water partition coefficient (Wildman–Crippen LogP) is 2.63. The van der Waals surface area contributed by atoms with E-state index in [2.05, 4.69) is 0 Å². The molecule has 2 aliphatic carbocycles. The maximum Gasteiger partial charge on any atom is 0.0433 e. The first-order chi connectivity index (χ1) is 7.24. The van der Waals surface area contributed by atoms with Gasteiger partial charge in [-0.25, -0.2) is 0 Å². The fourth-order valence-corrected chi connectivity index (χ4v) is 3.23. The Bertz CT molecular complexity index is 157. The minimum Gasteiger partial charge on any atom is -0.141 e. The monoisotopic (exact) mass is 206 g/mol. The third-order valence-electron chi connectivity index (χ3n) is 4.30. The van der Waals surface area contributed by atoms with Crippen molar-refractivity contribution in [1.82, 2.24) is 11.5 Å². The summed E-state index contributed by atoms with van der Waals surface area (Å²) < 4.78 is 0. The lowest BCUT2D eigenvalue weighted by molar-refractivity contribution is 0.222. The summed E-state index contributed by atoms with van der Waals surface area (Å²) in [7, 11) is 0. The first-order valence-corrected chi connectivity index (χ1v) is 6.60. The molecule has 0 aromatic heterocycles. The highest BCUT2D eigenvalue weighted by atomic mass is 14.6. The van der Waals surface area contributed by atoms with E-state index < -0.39 is 0 Å². The van der Waals surface area contributed by atoms with E-state index in [1.165, 1.54) is 32.1 Å².